The second kappa shape index (κ2) is 10.8. The highest BCUT2D eigenvalue weighted by molar-refractivity contribution is 5.96. The van der Waals surface area contributed by atoms with Gasteiger partial charge in [-0.3, -0.25) is 14.9 Å². The minimum atomic E-state index is -0.908. The number of amides is 2. The molecule has 180 valence electrons. The lowest BCUT2D eigenvalue weighted by Gasteiger charge is -2.15. The molecule has 0 atom stereocenters. The van der Waals surface area contributed by atoms with Crippen LogP contribution in [0.25, 0.3) is 11.1 Å². The number of benzene rings is 3. The van der Waals surface area contributed by atoms with Gasteiger partial charge in [-0.25, -0.2) is 9.18 Å². The van der Waals surface area contributed by atoms with Crippen molar-refractivity contribution in [2.75, 3.05) is 18.5 Å². The molecule has 2 amide bonds. The zero-order valence-electron chi connectivity index (χ0n) is 18.9. The fourth-order valence-corrected chi connectivity index (χ4v) is 4.23. The Hall–Kier alpha value is -4.20. The van der Waals surface area contributed by atoms with Gasteiger partial charge < -0.3 is 15.2 Å². The summed E-state index contributed by atoms with van der Waals surface area (Å²) in [5, 5.41) is 13.8. The van der Waals surface area contributed by atoms with Crippen molar-refractivity contribution in [1.29, 1.82) is 0 Å². The van der Waals surface area contributed by atoms with Crippen LogP contribution in [0.3, 0.4) is 0 Å². The van der Waals surface area contributed by atoms with Gasteiger partial charge in [-0.2, -0.15) is 0 Å². The number of hydrogen-bond acceptors (Lipinski definition) is 4. The van der Waals surface area contributed by atoms with Crippen LogP contribution in [0.5, 0.6) is 0 Å². The molecule has 0 bridgehead atoms. The quantitative estimate of drug-likeness (QED) is 0.370. The first-order valence-electron chi connectivity index (χ1n) is 11.4. The van der Waals surface area contributed by atoms with Crippen molar-refractivity contribution in [3.63, 3.8) is 0 Å². The number of nitrogens with one attached hydrogen (secondary N) is 2. The lowest BCUT2D eigenvalue weighted by Crippen LogP contribution is -2.26. The van der Waals surface area contributed by atoms with Crippen LogP contribution in [0.15, 0.2) is 66.7 Å². The Labute approximate surface area is 201 Å². The summed E-state index contributed by atoms with van der Waals surface area (Å²) in [5.74, 6) is -2.38. The maximum Gasteiger partial charge on any atom is 0.411 e. The number of ether oxygens (including phenoxy) is 1. The van der Waals surface area contributed by atoms with E-state index in [2.05, 4.69) is 10.6 Å². The van der Waals surface area contributed by atoms with Crippen molar-refractivity contribution in [3.8, 4) is 11.1 Å². The summed E-state index contributed by atoms with van der Waals surface area (Å²) in [5.41, 5.74) is 4.42. The molecule has 0 heterocycles. The average molecular weight is 477 g/mol. The van der Waals surface area contributed by atoms with Gasteiger partial charge in [0.15, 0.2) is 0 Å². The van der Waals surface area contributed by atoms with Gasteiger partial charge in [0.2, 0.25) is 0 Å². The van der Waals surface area contributed by atoms with E-state index in [1.165, 1.54) is 12.1 Å². The summed E-state index contributed by atoms with van der Waals surface area (Å²) in [7, 11) is 0. The largest absolute Gasteiger partial charge is 0.481 e. The van der Waals surface area contributed by atoms with Crippen LogP contribution in [0.4, 0.5) is 14.9 Å². The Morgan fingerprint density at radius 3 is 2.23 bits per heavy atom. The third-order valence-electron chi connectivity index (χ3n) is 5.90. The van der Waals surface area contributed by atoms with Crippen molar-refractivity contribution >= 4 is 23.7 Å². The molecule has 8 heteroatoms. The van der Waals surface area contributed by atoms with E-state index in [9.17, 15) is 18.8 Å². The number of carboxylic acid groups (broad SMARTS) is 1. The monoisotopic (exact) mass is 476 g/mol. The first kappa shape index (κ1) is 23.9. The Balaban J connectivity index is 1.35. The zero-order valence-corrected chi connectivity index (χ0v) is 18.9. The van der Waals surface area contributed by atoms with E-state index in [-0.39, 0.29) is 36.7 Å². The van der Waals surface area contributed by atoms with Crippen LogP contribution >= 0.6 is 0 Å². The van der Waals surface area contributed by atoms with Gasteiger partial charge in [-0.05, 0) is 53.3 Å². The predicted octanol–water partition coefficient (Wildman–Crippen LogP) is 5.17. The van der Waals surface area contributed by atoms with Crippen molar-refractivity contribution in [2.24, 2.45) is 0 Å². The number of carboxylic acids is 1. The molecule has 35 heavy (non-hydrogen) atoms. The van der Waals surface area contributed by atoms with Gasteiger partial charge in [-0.15, -0.1) is 0 Å². The van der Waals surface area contributed by atoms with Crippen molar-refractivity contribution in [2.45, 2.75) is 25.2 Å². The van der Waals surface area contributed by atoms with Gasteiger partial charge in [0, 0.05) is 24.6 Å². The number of unbranched alkanes of at least 4 members (excludes halogenated alkanes) is 1. The van der Waals surface area contributed by atoms with Crippen molar-refractivity contribution in [3.05, 3.63) is 89.2 Å². The smallest absolute Gasteiger partial charge is 0.411 e. The molecular weight excluding hydrogens is 451 g/mol. The molecule has 4 rings (SSSR count). The molecule has 0 unspecified atom stereocenters. The lowest BCUT2D eigenvalue weighted by atomic mass is 9.98. The molecule has 0 fully saturated rings. The maximum absolute atomic E-state index is 14.2. The molecule has 3 aromatic carbocycles. The number of hydrogen-bond donors (Lipinski definition) is 3. The van der Waals surface area contributed by atoms with Gasteiger partial charge in [0.1, 0.15) is 12.4 Å². The minimum absolute atomic E-state index is 0.00375. The third-order valence-corrected chi connectivity index (χ3v) is 5.90. The standard InChI is InChI=1S/C27H25FN2O5/c28-24-13-12-17(15-22(24)26(33)29-14-6-5-11-25(31)32)30-27(34)35-16-23-20-9-3-1-7-18(20)19-8-2-4-10-21(19)23/h1-4,7-10,12-13,15,23H,5-6,11,14,16H2,(H,29,33)(H,30,34)(H,31,32). The topological polar surface area (TPSA) is 105 Å². The summed E-state index contributed by atoms with van der Waals surface area (Å²) in [6.45, 7) is 0.348. The summed E-state index contributed by atoms with van der Waals surface area (Å²) in [6, 6.07) is 19.7. The number of rotatable bonds is 9. The Kier molecular flexibility index (Phi) is 7.40. The van der Waals surface area contributed by atoms with Crippen LogP contribution in [-0.4, -0.2) is 36.2 Å². The summed E-state index contributed by atoms with van der Waals surface area (Å²) < 4.78 is 19.7. The fraction of sp³-hybridized carbons (Fsp3) is 0.222. The highest BCUT2D eigenvalue weighted by Crippen LogP contribution is 2.44. The van der Waals surface area contributed by atoms with Crippen LogP contribution in [0, 0.1) is 5.82 Å². The molecule has 7 nitrogen and oxygen atoms in total. The van der Waals surface area contributed by atoms with E-state index in [0.717, 1.165) is 28.3 Å². The molecule has 1 aliphatic rings. The second-order valence-electron chi connectivity index (χ2n) is 8.25. The van der Waals surface area contributed by atoms with E-state index in [1.54, 1.807) is 0 Å². The molecule has 0 spiro atoms. The normalized spacial score (nSPS) is 11.9. The SMILES string of the molecule is O=C(O)CCCCNC(=O)c1cc(NC(=O)OCC2c3ccccc3-c3ccccc32)ccc1F. The molecule has 0 saturated heterocycles. The van der Waals surface area contributed by atoms with Crippen LogP contribution in [-0.2, 0) is 9.53 Å². The Morgan fingerprint density at radius 1 is 0.914 bits per heavy atom. The molecule has 0 radical (unpaired) electrons. The summed E-state index contributed by atoms with van der Waals surface area (Å²) in [6.07, 6.45) is 0.154. The predicted molar refractivity (Wildman–Crippen MR) is 129 cm³/mol. The first-order valence-corrected chi connectivity index (χ1v) is 11.4. The minimum Gasteiger partial charge on any atom is -0.481 e. The fourth-order valence-electron chi connectivity index (χ4n) is 4.23. The van der Waals surface area contributed by atoms with Gasteiger partial charge in [0.05, 0.1) is 5.56 Å². The summed E-state index contributed by atoms with van der Waals surface area (Å²) >= 11 is 0. The maximum atomic E-state index is 14.2. The third kappa shape index (κ3) is 5.66. The Morgan fingerprint density at radius 2 is 1.57 bits per heavy atom. The van der Waals surface area contributed by atoms with E-state index in [4.69, 9.17) is 9.84 Å². The number of aliphatic carboxylic acids is 1. The average Bonchev–Trinajstić information content (AvgIpc) is 3.17. The molecule has 0 aliphatic heterocycles. The molecule has 0 saturated carbocycles. The van der Waals surface area contributed by atoms with Crippen molar-refractivity contribution < 1.29 is 28.6 Å². The van der Waals surface area contributed by atoms with E-state index < -0.39 is 23.8 Å². The van der Waals surface area contributed by atoms with Gasteiger partial charge >= 0.3 is 12.1 Å². The van der Waals surface area contributed by atoms with E-state index in [1.807, 2.05) is 48.5 Å². The summed E-state index contributed by atoms with van der Waals surface area (Å²) in [4.78, 5) is 35.3. The number of anilines is 1. The second-order valence-corrected chi connectivity index (χ2v) is 8.25. The van der Waals surface area contributed by atoms with E-state index in [0.29, 0.717) is 12.8 Å². The number of fused-ring (bicyclic) bond motifs is 3. The van der Waals surface area contributed by atoms with Crippen LogP contribution in [0.2, 0.25) is 0 Å². The lowest BCUT2D eigenvalue weighted by molar-refractivity contribution is -0.137. The highest BCUT2D eigenvalue weighted by Gasteiger charge is 2.29. The molecule has 1 aliphatic carbocycles. The van der Waals surface area contributed by atoms with Gasteiger partial charge in [0.25, 0.3) is 5.91 Å². The molecule has 3 N–H and O–H groups in total. The molecular formula is C27H25FN2O5. The number of carbonyl (C=O) groups excluding carboxylic acids is 2. The zero-order chi connectivity index (χ0) is 24.8. The van der Waals surface area contributed by atoms with Crippen LogP contribution < -0.4 is 10.6 Å². The highest BCUT2D eigenvalue weighted by atomic mass is 19.1. The van der Waals surface area contributed by atoms with E-state index >= 15 is 0 Å². The van der Waals surface area contributed by atoms with Gasteiger partial charge in [-0.1, -0.05) is 48.5 Å². The van der Waals surface area contributed by atoms with Crippen LogP contribution in [0.1, 0.15) is 46.7 Å². The molecule has 3 aromatic rings. The number of carbonyl (C=O) groups is 3. The number of halogens is 1. The van der Waals surface area contributed by atoms with Crippen molar-refractivity contribution in [1.82, 2.24) is 5.32 Å². The Bertz CT molecular complexity index is 1210. The first-order chi connectivity index (χ1) is 16.9. The molecule has 0 aromatic heterocycles.